The van der Waals surface area contributed by atoms with Crippen LogP contribution >= 0.6 is 0 Å². The highest BCUT2D eigenvalue weighted by molar-refractivity contribution is 6.07. The highest BCUT2D eigenvalue weighted by Gasteiger charge is 2.17. The van der Waals surface area contributed by atoms with E-state index < -0.39 is 11.5 Å². The number of nitrogens with one attached hydrogen (secondary N) is 2. The highest BCUT2D eigenvalue weighted by Crippen LogP contribution is 2.23. The highest BCUT2D eigenvalue weighted by atomic mass is 16.3. The first-order valence-corrected chi connectivity index (χ1v) is 6.23. The Morgan fingerprint density at radius 2 is 1.90 bits per heavy atom. The van der Waals surface area contributed by atoms with Gasteiger partial charge in [0, 0.05) is 11.9 Å². The third-order valence-electron chi connectivity index (χ3n) is 3.01. The van der Waals surface area contributed by atoms with Crippen LogP contribution in [0.5, 0.6) is 5.75 Å². The number of nitrogens with zero attached hydrogens (tertiary/aromatic N) is 1. The summed E-state index contributed by atoms with van der Waals surface area (Å²) in [5.74, 6) is -0.956. The summed E-state index contributed by atoms with van der Waals surface area (Å²) < 4.78 is 0. The number of carbonyl (C=O) groups excluding carboxylic acids is 1. The van der Waals surface area contributed by atoms with Crippen molar-refractivity contribution in [3.63, 3.8) is 0 Å². The first kappa shape index (κ1) is 12.9. The van der Waals surface area contributed by atoms with E-state index in [1.807, 2.05) is 6.07 Å². The van der Waals surface area contributed by atoms with E-state index in [1.54, 1.807) is 30.3 Å². The molecule has 0 aliphatic carbocycles. The Morgan fingerprint density at radius 3 is 2.67 bits per heavy atom. The van der Waals surface area contributed by atoms with Crippen LogP contribution in [0.15, 0.2) is 53.5 Å². The number of hydrogen-bond donors (Lipinski definition) is 3. The van der Waals surface area contributed by atoms with E-state index in [1.165, 1.54) is 12.3 Å². The molecule has 0 radical (unpaired) electrons. The van der Waals surface area contributed by atoms with Crippen molar-refractivity contribution in [1.82, 2.24) is 9.97 Å². The smallest absolute Gasteiger partial charge is 0.276 e. The van der Waals surface area contributed by atoms with Crippen molar-refractivity contribution in [2.24, 2.45) is 0 Å². The number of carbonyl (C=O) groups is 1. The van der Waals surface area contributed by atoms with Crippen LogP contribution in [0.3, 0.4) is 0 Å². The van der Waals surface area contributed by atoms with Crippen LogP contribution in [0.2, 0.25) is 0 Å². The van der Waals surface area contributed by atoms with Gasteiger partial charge in [0.05, 0.1) is 5.39 Å². The number of fused-ring (bicyclic) bond motifs is 1. The van der Waals surface area contributed by atoms with E-state index in [-0.39, 0.29) is 22.3 Å². The van der Waals surface area contributed by atoms with Crippen molar-refractivity contribution >= 4 is 22.5 Å². The van der Waals surface area contributed by atoms with Gasteiger partial charge in [0.2, 0.25) is 0 Å². The first-order chi connectivity index (χ1) is 10.2. The number of H-pyrrole nitrogens is 1. The minimum Gasteiger partial charge on any atom is -0.504 e. The molecular formula is C15H11N3O3. The zero-order valence-electron chi connectivity index (χ0n) is 10.8. The minimum atomic E-state index is -0.608. The van der Waals surface area contributed by atoms with Crippen LogP contribution < -0.4 is 10.9 Å². The molecule has 0 bridgehead atoms. The van der Waals surface area contributed by atoms with Gasteiger partial charge in [-0.15, -0.1) is 0 Å². The van der Waals surface area contributed by atoms with Gasteiger partial charge in [0.25, 0.3) is 11.5 Å². The van der Waals surface area contributed by atoms with Crippen molar-refractivity contribution in [1.29, 1.82) is 0 Å². The van der Waals surface area contributed by atoms with E-state index in [9.17, 15) is 14.7 Å². The van der Waals surface area contributed by atoms with Crippen molar-refractivity contribution in [3.8, 4) is 5.75 Å². The third kappa shape index (κ3) is 2.34. The zero-order chi connectivity index (χ0) is 14.8. The Bertz CT molecular complexity index is 872. The second-order valence-corrected chi connectivity index (χ2v) is 4.40. The van der Waals surface area contributed by atoms with Gasteiger partial charge >= 0.3 is 0 Å². The summed E-state index contributed by atoms with van der Waals surface area (Å²) in [5, 5.41) is 13.0. The zero-order valence-corrected chi connectivity index (χ0v) is 10.8. The summed E-state index contributed by atoms with van der Waals surface area (Å²) in [6.07, 6.45) is 1.44. The van der Waals surface area contributed by atoms with Gasteiger partial charge in [-0.25, -0.2) is 0 Å². The van der Waals surface area contributed by atoms with Crippen molar-refractivity contribution in [2.75, 3.05) is 5.32 Å². The molecule has 0 saturated carbocycles. The molecule has 6 nitrogen and oxygen atoms in total. The quantitative estimate of drug-likeness (QED) is 0.668. The molecular weight excluding hydrogens is 270 g/mol. The molecule has 1 amide bonds. The summed E-state index contributed by atoms with van der Waals surface area (Å²) in [5.41, 5.74) is -0.0347. The lowest BCUT2D eigenvalue weighted by molar-refractivity contribution is 0.101. The van der Waals surface area contributed by atoms with Gasteiger partial charge in [-0.2, -0.15) is 0 Å². The largest absolute Gasteiger partial charge is 0.504 e. The number of amides is 1. The lowest BCUT2D eigenvalue weighted by Crippen LogP contribution is -2.19. The Hall–Kier alpha value is -3.15. The summed E-state index contributed by atoms with van der Waals surface area (Å²) >= 11 is 0. The molecule has 2 heterocycles. The van der Waals surface area contributed by atoms with E-state index >= 15 is 0 Å². The Balaban J connectivity index is 2.07. The Labute approximate surface area is 119 Å². The van der Waals surface area contributed by atoms with Crippen LogP contribution in [-0.4, -0.2) is 21.0 Å². The van der Waals surface area contributed by atoms with Crippen LogP contribution in [0.1, 0.15) is 10.5 Å². The number of aromatic amines is 1. The number of rotatable bonds is 2. The molecule has 3 aromatic rings. The fraction of sp³-hybridized carbons (Fsp3) is 0. The van der Waals surface area contributed by atoms with E-state index in [0.29, 0.717) is 5.69 Å². The third-order valence-corrected chi connectivity index (χ3v) is 3.01. The van der Waals surface area contributed by atoms with Gasteiger partial charge in [-0.05, 0) is 24.3 Å². The molecule has 1 aromatic carbocycles. The van der Waals surface area contributed by atoms with E-state index in [2.05, 4.69) is 15.3 Å². The standard InChI is InChI=1S/C15H11N3O3/c19-13-11-10(7-4-8-16-11)14(20)18-12(13)15(21)17-9-5-2-1-3-6-9/h1-8,19H,(H,17,21)(H,18,20). The normalized spacial score (nSPS) is 10.5. The number of pyridine rings is 2. The van der Waals surface area contributed by atoms with Crippen LogP contribution in [0.4, 0.5) is 5.69 Å². The Morgan fingerprint density at radius 1 is 1.14 bits per heavy atom. The molecule has 2 aromatic heterocycles. The number of aromatic nitrogens is 2. The topological polar surface area (TPSA) is 95.1 Å². The molecule has 3 N–H and O–H groups in total. The van der Waals surface area contributed by atoms with Crippen molar-refractivity contribution in [3.05, 3.63) is 64.7 Å². The molecule has 0 atom stereocenters. The molecule has 0 aliphatic heterocycles. The number of benzene rings is 1. The molecule has 6 heteroatoms. The van der Waals surface area contributed by atoms with Gasteiger partial charge in [-0.1, -0.05) is 18.2 Å². The van der Waals surface area contributed by atoms with Gasteiger partial charge in [0.15, 0.2) is 11.4 Å². The second-order valence-electron chi connectivity index (χ2n) is 4.40. The fourth-order valence-electron chi connectivity index (χ4n) is 2.02. The molecule has 21 heavy (non-hydrogen) atoms. The van der Waals surface area contributed by atoms with Crippen LogP contribution in [-0.2, 0) is 0 Å². The average Bonchev–Trinajstić information content (AvgIpc) is 2.52. The number of para-hydroxylation sites is 1. The summed E-state index contributed by atoms with van der Waals surface area (Å²) in [6.45, 7) is 0. The summed E-state index contributed by atoms with van der Waals surface area (Å²) in [6, 6.07) is 11.9. The lowest BCUT2D eigenvalue weighted by atomic mass is 10.2. The maximum Gasteiger partial charge on any atom is 0.276 e. The molecule has 0 aliphatic rings. The minimum absolute atomic E-state index is 0.0967. The first-order valence-electron chi connectivity index (χ1n) is 6.23. The SMILES string of the molecule is O=C(Nc1ccccc1)c1[nH]c(=O)c2cccnc2c1O. The maximum atomic E-state index is 12.2. The number of aromatic hydroxyl groups is 1. The fourth-order valence-corrected chi connectivity index (χ4v) is 2.02. The molecule has 0 saturated heterocycles. The van der Waals surface area contributed by atoms with Crippen molar-refractivity contribution < 1.29 is 9.90 Å². The molecule has 0 fully saturated rings. The number of anilines is 1. The predicted molar refractivity (Wildman–Crippen MR) is 78.4 cm³/mol. The predicted octanol–water partition coefficient (Wildman–Crippen LogP) is 1.88. The van der Waals surface area contributed by atoms with E-state index in [4.69, 9.17) is 0 Å². The van der Waals surface area contributed by atoms with Gasteiger partial charge in [-0.3, -0.25) is 14.6 Å². The molecule has 0 spiro atoms. The maximum absolute atomic E-state index is 12.2. The molecule has 104 valence electrons. The van der Waals surface area contributed by atoms with Gasteiger partial charge in [0.1, 0.15) is 5.52 Å². The van der Waals surface area contributed by atoms with Crippen LogP contribution in [0, 0.1) is 0 Å². The van der Waals surface area contributed by atoms with E-state index in [0.717, 1.165) is 0 Å². The number of hydrogen-bond acceptors (Lipinski definition) is 4. The monoisotopic (exact) mass is 281 g/mol. The average molecular weight is 281 g/mol. The molecule has 0 unspecified atom stereocenters. The van der Waals surface area contributed by atoms with Gasteiger partial charge < -0.3 is 15.4 Å². The lowest BCUT2D eigenvalue weighted by Gasteiger charge is -2.08. The molecule has 3 rings (SSSR count). The van der Waals surface area contributed by atoms with Crippen molar-refractivity contribution in [2.45, 2.75) is 0 Å². The summed E-state index contributed by atoms with van der Waals surface area (Å²) in [4.78, 5) is 30.4. The second kappa shape index (κ2) is 5.09. The Kier molecular flexibility index (Phi) is 3.12. The summed E-state index contributed by atoms with van der Waals surface area (Å²) in [7, 11) is 0. The van der Waals surface area contributed by atoms with Crippen LogP contribution in [0.25, 0.3) is 10.9 Å².